The average molecular weight is 372 g/mol. The maximum absolute atomic E-state index is 11.7. The maximum atomic E-state index is 11.7. The fourth-order valence-corrected chi connectivity index (χ4v) is 2.83. The molecule has 0 radical (unpaired) electrons. The summed E-state index contributed by atoms with van der Waals surface area (Å²) >= 11 is 0. The van der Waals surface area contributed by atoms with E-state index in [2.05, 4.69) is 36.2 Å². The van der Waals surface area contributed by atoms with E-state index in [1.165, 1.54) is 57.8 Å². The third kappa shape index (κ3) is 13.9. The minimum absolute atomic E-state index is 0.269. The molecule has 1 rings (SSSR count). The van der Waals surface area contributed by atoms with Gasteiger partial charge in [0.05, 0.1) is 12.2 Å². The van der Waals surface area contributed by atoms with Crippen LogP contribution in [-0.2, 0) is 4.74 Å². The van der Waals surface area contributed by atoms with Crippen molar-refractivity contribution in [2.45, 2.75) is 84.0 Å². The summed E-state index contributed by atoms with van der Waals surface area (Å²) in [5.74, 6) is -0.269. The third-order valence-corrected chi connectivity index (χ3v) is 4.46. The molecule has 0 aliphatic carbocycles. The van der Waals surface area contributed by atoms with Crippen LogP contribution in [0.5, 0.6) is 0 Å². The lowest BCUT2D eigenvalue weighted by atomic mass is 10.1. The van der Waals surface area contributed by atoms with Crippen molar-refractivity contribution in [3.05, 3.63) is 54.4 Å². The van der Waals surface area contributed by atoms with Crippen LogP contribution in [-0.4, -0.2) is 17.6 Å². The van der Waals surface area contributed by atoms with Gasteiger partial charge in [0.15, 0.2) is 0 Å². The van der Waals surface area contributed by atoms with Crippen LogP contribution >= 0.6 is 0 Å². The summed E-state index contributed by atoms with van der Waals surface area (Å²) in [6.07, 6.45) is 27.0. The van der Waals surface area contributed by atoms with Crippen LogP contribution in [0.2, 0.25) is 0 Å². The number of hydrogen-bond donors (Lipinski definition) is 0. The van der Waals surface area contributed by atoms with Gasteiger partial charge in [-0.2, -0.15) is 0 Å². The fourth-order valence-electron chi connectivity index (χ4n) is 2.83. The van der Waals surface area contributed by atoms with Gasteiger partial charge in [-0.15, -0.1) is 0 Å². The highest BCUT2D eigenvalue weighted by Gasteiger charge is 2.05. The Morgan fingerprint density at radius 2 is 1.59 bits per heavy atom. The molecule has 0 bridgehead atoms. The molecule has 0 spiro atoms. The summed E-state index contributed by atoms with van der Waals surface area (Å²) in [6, 6.07) is 3.48. The summed E-state index contributed by atoms with van der Waals surface area (Å²) in [7, 11) is 0. The molecule has 1 aromatic heterocycles. The van der Waals surface area contributed by atoms with Crippen LogP contribution < -0.4 is 0 Å². The number of hydrogen-bond acceptors (Lipinski definition) is 3. The summed E-state index contributed by atoms with van der Waals surface area (Å²) in [4.78, 5) is 15.7. The Balaban J connectivity index is 1.81. The molecule has 0 saturated carbocycles. The highest BCUT2D eigenvalue weighted by Crippen LogP contribution is 2.10. The second-order valence-corrected chi connectivity index (χ2v) is 6.96. The Morgan fingerprint density at radius 3 is 2.26 bits per heavy atom. The van der Waals surface area contributed by atoms with Gasteiger partial charge in [0.25, 0.3) is 0 Å². The van der Waals surface area contributed by atoms with Crippen LogP contribution in [0.1, 0.15) is 94.3 Å². The minimum atomic E-state index is -0.269. The van der Waals surface area contributed by atoms with Gasteiger partial charge in [-0.3, -0.25) is 4.98 Å². The molecule has 0 aliphatic rings. The van der Waals surface area contributed by atoms with Crippen LogP contribution in [0.3, 0.4) is 0 Å². The normalized spacial score (nSPS) is 11.4. The van der Waals surface area contributed by atoms with Gasteiger partial charge in [-0.05, 0) is 44.2 Å². The van der Waals surface area contributed by atoms with Gasteiger partial charge in [-0.1, -0.05) is 76.2 Å². The topological polar surface area (TPSA) is 39.2 Å². The number of unbranched alkanes of at least 4 members (excludes halogenated alkanes) is 9. The predicted molar refractivity (Wildman–Crippen MR) is 114 cm³/mol. The van der Waals surface area contributed by atoms with E-state index >= 15 is 0 Å². The van der Waals surface area contributed by atoms with Gasteiger partial charge in [-0.25, -0.2) is 4.79 Å². The van der Waals surface area contributed by atoms with E-state index in [1.807, 2.05) is 0 Å². The summed E-state index contributed by atoms with van der Waals surface area (Å²) in [6.45, 7) is 2.72. The first-order valence-corrected chi connectivity index (χ1v) is 10.7. The van der Waals surface area contributed by atoms with Crippen LogP contribution in [0.4, 0.5) is 0 Å². The smallest absolute Gasteiger partial charge is 0.339 e. The Kier molecular flexibility index (Phi) is 15.0. The SMILES string of the molecule is CCC/C=C/C/C=C/CCCCCCCCCCOC(=O)c1cccnc1. The molecule has 0 fully saturated rings. The molecule has 27 heavy (non-hydrogen) atoms. The van der Waals surface area contributed by atoms with E-state index in [0.29, 0.717) is 12.2 Å². The first-order valence-electron chi connectivity index (χ1n) is 10.7. The van der Waals surface area contributed by atoms with E-state index in [4.69, 9.17) is 4.74 Å². The minimum Gasteiger partial charge on any atom is -0.462 e. The van der Waals surface area contributed by atoms with Crippen molar-refractivity contribution in [3.63, 3.8) is 0 Å². The lowest BCUT2D eigenvalue weighted by Gasteiger charge is -2.04. The molecule has 0 saturated heterocycles. The van der Waals surface area contributed by atoms with Gasteiger partial charge >= 0.3 is 5.97 Å². The number of esters is 1. The van der Waals surface area contributed by atoms with Gasteiger partial charge < -0.3 is 4.74 Å². The van der Waals surface area contributed by atoms with Crippen molar-refractivity contribution >= 4 is 5.97 Å². The number of pyridine rings is 1. The Bertz CT molecular complexity index is 522. The van der Waals surface area contributed by atoms with Crippen LogP contribution in [0.25, 0.3) is 0 Å². The van der Waals surface area contributed by atoms with E-state index < -0.39 is 0 Å². The number of ether oxygens (including phenoxy) is 1. The van der Waals surface area contributed by atoms with Gasteiger partial charge in [0.1, 0.15) is 0 Å². The predicted octanol–water partition coefficient (Wildman–Crippen LogP) is 7.05. The Hall–Kier alpha value is -1.90. The van der Waals surface area contributed by atoms with Gasteiger partial charge in [0.2, 0.25) is 0 Å². The second-order valence-electron chi connectivity index (χ2n) is 6.96. The highest BCUT2D eigenvalue weighted by molar-refractivity contribution is 5.88. The summed E-state index contributed by atoms with van der Waals surface area (Å²) < 4.78 is 5.26. The molecule has 0 amide bonds. The molecule has 150 valence electrons. The van der Waals surface area contributed by atoms with Gasteiger partial charge in [0, 0.05) is 12.4 Å². The molecular weight excluding hydrogens is 334 g/mol. The third-order valence-electron chi connectivity index (χ3n) is 4.46. The second kappa shape index (κ2) is 17.5. The van der Waals surface area contributed by atoms with Crippen molar-refractivity contribution in [2.24, 2.45) is 0 Å². The van der Waals surface area contributed by atoms with Crippen molar-refractivity contribution < 1.29 is 9.53 Å². The molecule has 1 aromatic rings. The lowest BCUT2D eigenvalue weighted by molar-refractivity contribution is 0.0497. The van der Waals surface area contributed by atoms with Crippen molar-refractivity contribution in [1.82, 2.24) is 4.98 Å². The number of rotatable bonds is 16. The molecule has 0 atom stereocenters. The fraction of sp³-hybridized carbons (Fsp3) is 0.583. The lowest BCUT2D eigenvalue weighted by Crippen LogP contribution is -2.06. The first kappa shape index (κ1) is 23.1. The van der Waals surface area contributed by atoms with E-state index in [-0.39, 0.29) is 5.97 Å². The number of nitrogens with zero attached hydrogens (tertiary/aromatic N) is 1. The van der Waals surface area contributed by atoms with E-state index in [1.54, 1.807) is 24.5 Å². The van der Waals surface area contributed by atoms with Crippen LogP contribution in [0.15, 0.2) is 48.8 Å². The number of carbonyl (C=O) groups is 1. The quantitative estimate of drug-likeness (QED) is 0.177. The standard InChI is InChI=1S/C24H37NO2/c1-2-3-4-5-6-7-8-9-10-11-12-13-14-15-16-17-21-27-24(26)23-19-18-20-25-22-23/h4-5,7-8,18-20,22H,2-3,6,9-17,21H2,1H3/b5-4+,8-7+. The van der Waals surface area contributed by atoms with Crippen molar-refractivity contribution in [1.29, 1.82) is 0 Å². The number of carbonyl (C=O) groups excluding carboxylic acids is 1. The molecule has 0 unspecified atom stereocenters. The van der Waals surface area contributed by atoms with Crippen LogP contribution in [0, 0.1) is 0 Å². The number of aromatic nitrogens is 1. The maximum Gasteiger partial charge on any atom is 0.339 e. The molecule has 0 aromatic carbocycles. The molecule has 0 N–H and O–H groups in total. The van der Waals surface area contributed by atoms with E-state index in [0.717, 1.165) is 19.3 Å². The zero-order valence-corrected chi connectivity index (χ0v) is 17.1. The molecule has 1 heterocycles. The molecule has 3 heteroatoms. The zero-order valence-electron chi connectivity index (χ0n) is 17.1. The monoisotopic (exact) mass is 371 g/mol. The first-order chi connectivity index (χ1) is 13.3. The molecular formula is C24H37NO2. The summed E-state index contributed by atoms with van der Waals surface area (Å²) in [5, 5.41) is 0. The highest BCUT2D eigenvalue weighted by atomic mass is 16.5. The molecule has 0 aliphatic heterocycles. The zero-order chi connectivity index (χ0) is 19.4. The van der Waals surface area contributed by atoms with Crippen molar-refractivity contribution in [2.75, 3.05) is 6.61 Å². The average Bonchev–Trinajstić information content (AvgIpc) is 2.70. The largest absolute Gasteiger partial charge is 0.462 e. The Morgan fingerprint density at radius 1 is 0.926 bits per heavy atom. The Labute approximate surface area is 165 Å². The molecule has 3 nitrogen and oxygen atoms in total. The number of allylic oxidation sites excluding steroid dienone is 4. The van der Waals surface area contributed by atoms with Crippen molar-refractivity contribution in [3.8, 4) is 0 Å². The van der Waals surface area contributed by atoms with E-state index in [9.17, 15) is 4.79 Å². The summed E-state index contributed by atoms with van der Waals surface area (Å²) in [5.41, 5.74) is 0.528.